The number of fused-ring (bicyclic) bond motifs is 1. The number of aliphatic imine (C=N–C) groups is 1. The van der Waals surface area contributed by atoms with E-state index in [0.717, 1.165) is 25.3 Å². The molecule has 1 fully saturated rings. The Labute approximate surface area is 136 Å². The number of nitrogen functional groups attached to an aromatic ring is 1. The molecule has 0 aromatic heterocycles. The largest absolute Gasteiger partial charge is 0.465 e. The van der Waals surface area contributed by atoms with Gasteiger partial charge in [0.2, 0.25) is 0 Å². The van der Waals surface area contributed by atoms with Crippen LogP contribution in [0.4, 0.5) is 19.3 Å². The van der Waals surface area contributed by atoms with Gasteiger partial charge in [-0.15, -0.1) is 0 Å². The van der Waals surface area contributed by atoms with Gasteiger partial charge in [-0.05, 0) is 30.9 Å². The zero-order valence-corrected chi connectivity index (χ0v) is 13.1. The molecule has 124 valence electrons. The average Bonchev–Trinajstić information content (AvgIpc) is 2.50. The van der Waals surface area contributed by atoms with Crippen molar-refractivity contribution in [1.82, 2.24) is 5.32 Å². The summed E-state index contributed by atoms with van der Waals surface area (Å²) < 4.78 is 29.1. The van der Waals surface area contributed by atoms with Crippen molar-refractivity contribution in [2.24, 2.45) is 10.9 Å². The van der Waals surface area contributed by atoms with Gasteiger partial charge in [-0.25, -0.2) is 13.6 Å². The number of rotatable bonds is 1. The summed E-state index contributed by atoms with van der Waals surface area (Å²) in [5, 5.41) is 11.3. The van der Waals surface area contributed by atoms with Crippen molar-refractivity contribution >= 4 is 28.7 Å². The number of amidine groups is 1. The van der Waals surface area contributed by atoms with Crippen molar-refractivity contribution in [3.63, 3.8) is 0 Å². The lowest BCUT2D eigenvalue weighted by Gasteiger charge is -2.44. The van der Waals surface area contributed by atoms with Crippen LogP contribution >= 0.6 is 11.8 Å². The summed E-state index contributed by atoms with van der Waals surface area (Å²) in [6.45, 7) is 0. The molecule has 1 amide bonds. The minimum absolute atomic E-state index is 0.0496. The van der Waals surface area contributed by atoms with Crippen molar-refractivity contribution in [2.75, 3.05) is 11.5 Å². The molecule has 0 bridgehead atoms. The SMILES string of the molecule is Nc1ccc(F)c(C23CCCCC2CSC(NC(=O)O)=N3)c1F. The second kappa shape index (κ2) is 5.99. The molecule has 0 radical (unpaired) electrons. The Hall–Kier alpha value is -1.83. The van der Waals surface area contributed by atoms with E-state index in [1.165, 1.54) is 17.8 Å². The van der Waals surface area contributed by atoms with E-state index in [0.29, 0.717) is 12.2 Å². The Balaban J connectivity index is 2.17. The van der Waals surface area contributed by atoms with E-state index in [1.807, 2.05) is 0 Å². The van der Waals surface area contributed by atoms with Crippen LogP contribution in [-0.2, 0) is 5.54 Å². The fraction of sp³-hybridized carbons (Fsp3) is 0.467. The molecule has 2 unspecified atom stereocenters. The van der Waals surface area contributed by atoms with Crippen LogP contribution in [0.25, 0.3) is 0 Å². The average molecular weight is 341 g/mol. The molecule has 1 saturated carbocycles. The Morgan fingerprint density at radius 1 is 1.43 bits per heavy atom. The molecule has 0 saturated heterocycles. The first-order valence-corrected chi connectivity index (χ1v) is 8.39. The van der Waals surface area contributed by atoms with Crippen molar-refractivity contribution < 1.29 is 18.7 Å². The Bertz CT molecular complexity index is 683. The van der Waals surface area contributed by atoms with E-state index in [-0.39, 0.29) is 22.3 Å². The van der Waals surface area contributed by atoms with Gasteiger partial charge < -0.3 is 10.8 Å². The number of benzene rings is 1. The molecular formula is C15H17F2N3O2S. The zero-order valence-electron chi connectivity index (χ0n) is 12.3. The summed E-state index contributed by atoms with van der Waals surface area (Å²) in [6, 6.07) is 2.34. The fourth-order valence-electron chi connectivity index (χ4n) is 3.50. The zero-order chi connectivity index (χ0) is 16.6. The predicted molar refractivity (Wildman–Crippen MR) is 85.5 cm³/mol. The highest BCUT2D eigenvalue weighted by atomic mass is 32.2. The molecule has 4 N–H and O–H groups in total. The van der Waals surface area contributed by atoms with Crippen LogP contribution in [0.3, 0.4) is 0 Å². The highest BCUT2D eigenvalue weighted by molar-refractivity contribution is 8.13. The number of nitrogens with one attached hydrogen (secondary N) is 1. The van der Waals surface area contributed by atoms with E-state index < -0.39 is 23.3 Å². The lowest BCUT2D eigenvalue weighted by molar-refractivity contribution is 0.194. The molecule has 23 heavy (non-hydrogen) atoms. The Morgan fingerprint density at radius 3 is 2.96 bits per heavy atom. The van der Waals surface area contributed by atoms with Gasteiger partial charge in [0.05, 0.1) is 16.8 Å². The second-order valence-electron chi connectivity index (χ2n) is 5.85. The Morgan fingerprint density at radius 2 is 2.22 bits per heavy atom. The van der Waals surface area contributed by atoms with E-state index in [9.17, 15) is 13.6 Å². The number of amides is 1. The summed E-state index contributed by atoms with van der Waals surface area (Å²) in [6.07, 6.45) is 1.77. The number of thioether (sulfide) groups is 1. The number of nitrogens with two attached hydrogens (primary N) is 1. The smallest absolute Gasteiger partial charge is 0.410 e. The first-order chi connectivity index (χ1) is 10.9. The van der Waals surface area contributed by atoms with Gasteiger partial charge in [-0.1, -0.05) is 24.6 Å². The molecule has 1 aromatic rings. The monoisotopic (exact) mass is 341 g/mol. The number of anilines is 1. The van der Waals surface area contributed by atoms with Crippen molar-refractivity contribution in [1.29, 1.82) is 0 Å². The maximum Gasteiger partial charge on any atom is 0.410 e. The van der Waals surface area contributed by atoms with Gasteiger partial charge in [-0.2, -0.15) is 0 Å². The van der Waals surface area contributed by atoms with Crippen LogP contribution in [0, 0.1) is 17.6 Å². The minimum atomic E-state index is -1.24. The van der Waals surface area contributed by atoms with Crippen LogP contribution in [0.5, 0.6) is 0 Å². The molecule has 1 heterocycles. The molecule has 3 rings (SSSR count). The van der Waals surface area contributed by atoms with Gasteiger partial charge >= 0.3 is 6.09 Å². The van der Waals surface area contributed by atoms with Crippen LogP contribution < -0.4 is 11.1 Å². The van der Waals surface area contributed by atoms with Crippen LogP contribution in [-0.4, -0.2) is 22.1 Å². The fourth-order valence-corrected chi connectivity index (χ4v) is 4.68. The van der Waals surface area contributed by atoms with E-state index >= 15 is 0 Å². The number of hydrogen-bond acceptors (Lipinski definition) is 4. The summed E-state index contributed by atoms with van der Waals surface area (Å²) in [4.78, 5) is 15.3. The first-order valence-electron chi connectivity index (χ1n) is 7.40. The van der Waals surface area contributed by atoms with E-state index in [4.69, 9.17) is 10.8 Å². The van der Waals surface area contributed by atoms with Gasteiger partial charge in [-0.3, -0.25) is 10.3 Å². The van der Waals surface area contributed by atoms with Crippen molar-refractivity contribution in [2.45, 2.75) is 31.2 Å². The lowest BCUT2D eigenvalue weighted by atomic mass is 9.69. The second-order valence-corrected chi connectivity index (χ2v) is 6.86. The minimum Gasteiger partial charge on any atom is -0.465 e. The topological polar surface area (TPSA) is 87.7 Å². The highest BCUT2D eigenvalue weighted by Gasteiger charge is 2.48. The standard InChI is InChI=1S/C15H17F2N3O2S/c16-9-4-5-10(18)12(17)11(9)15-6-2-1-3-8(15)7-23-13(20-15)19-14(21)22/h4-5,8H,1-3,6-7,18H2,(H,19,20)(H,21,22). The van der Waals surface area contributed by atoms with Crippen LogP contribution in [0.2, 0.25) is 0 Å². The van der Waals surface area contributed by atoms with Gasteiger partial charge in [0.1, 0.15) is 5.82 Å². The normalized spacial score (nSPS) is 27.0. The van der Waals surface area contributed by atoms with Gasteiger partial charge in [0, 0.05) is 5.75 Å². The molecule has 1 aliphatic carbocycles. The summed E-state index contributed by atoms with van der Waals surface area (Å²) in [5.74, 6) is -0.963. The molecule has 2 atom stereocenters. The summed E-state index contributed by atoms with van der Waals surface area (Å²) in [5.41, 5.74) is 4.28. The van der Waals surface area contributed by atoms with Crippen molar-refractivity contribution in [3.8, 4) is 0 Å². The molecule has 2 aliphatic rings. The summed E-state index contributed by atoms with van der Waals surface area (Å²) >= 11 is 1.27. The first kappa shape index (κ1) is 16.0. The molecular weight excluding hydrogens is 324 g/mol. The molecule has 5 nitrogen and oxygen atoms in total. The molecule has 1 aromatic carbocycles. The Kier molecular flexibility index (Phi) is 4.18. The number of carboxylic acid groups (broad SMARTS) is 1. The van der Waals surface area contributed by atoms with Crippen LogP contribution in [0.15, 0.2) is 17.1 Å². The molecule has 8 heteroatoms. The molecule has 1 aliphatic heterocycles. The van der Waals surface area contributed by atoms with E-state index in [1.54, 1.807) is 0 Å². The summed E-state index contributed by atoms with van der Waals surface area (Å²) in [7, 11) is 0. The number of nitrogens with zero attached hydrogens (tertiary/aromatic N) is 1. The number of carbonyl (C=O) groups is 1. The third kappa shape index (κ3) is 2.75. The predicted octanol–water partition coefficient (Wildman–Crippen LogP) is 3.30. The molecule has 0 spiro atoms. The third-order valence-electron chi connectivity index (χ3n) is 4.53. The third-order valence-corrected chi connectivity index (χ3v) is 5.56. The van der Waals surface area contributed by atoms with E-state index in [2.05, 4.69) is 10.3 Å². The van der Waals surface area contributed by atoms with Gasteiger partial charge in [0.15, 0.2) is 11.0 Å². The maximum absolute atomic E-state index is 14.6. The lowest BCUT2D eigenvalue weighted by Crippen LogP contribution is -2.45. The maximum atomic E-state index is 14.6. The van der Waals surface area contributed by atoms with Crippen molar-refractivity contribution in [3.05, 3.63) is 29.3 Å². The number of hydrogen-bond donors (Lipinski definition) is 3. The van der Waals surface area contributed by atoms with Crippen LogP contribution in [0.1, 0.15) is 31.2 Å². The highest BCUT2D eigenvalue weighted by Crippen LogP contribution is 2.51. The number of halogens is 2. The quantitative estimate of drug-likeness (QED) is 0.684. The van der Waals surface area contributed by atoms with Gasteiger partial charge in [0.25, 0.3) is 0 Å².